The van der Waals surface area contributed by atoms with E-state index in [4.69, 9.17) is 0 Å². The van der Waals surface area contributed by atoms with Crippen LogP contribution in [0.1, 0.15) is 0 Å². The van der Waals surface area contributed by atoms with Crippen molar-refractivity contribution in [3.63, 3.8) is 0 Å². The molecule has 0 amide bonds. The first kappa shape index (κ1) is 11.1. The van der Waals surface area contributed by atoms with Gasteiger partial charge in [-0.25, -0.2) is 9.78 Å². The number of hydrogen-bond acceptors (Lipinski definition) is 4. The summed E-state index contributed by atoms with van der Waals surface area (Å²) < 4.78 is 5.67. The van der Waals surface area contributed by atoms with Crippen molar-refractivity contribution in [3.05, 3.63) is 47.0 Å². The molecule has 2 aromatic rings. The number of fused-ring (bicyclic) bond motifs is 1. The number of ether oxygens (including phenoxy) is 1. The highest BCUT2D eigenvalue weighted by Crippen LogP contribution is 2.04. The third-order valence-corrected chi connectivity index (χ3v) is 2.26. The molecule has 0 radical (unpaired) electrons. The number of benzene rings is 1. The summed E-state index contributed by atoms with van der Waals surface area (Å²) in [7, 11) is 1.27. The van der Waals surface area contributed by atoms with Crippen molar-refractivity contribution in [2.45, 2.75) is 0 Å². The zero-order valence-corrected chi connectivity index (χ0v) is 9.16. The lowest BCUT2D eigenvalue weighted by Gasteiger charge is -2.00. The van der Waals surface area contributed by atoms with Gasteiger partial charge in [0, 0.05) is 12.3 Å². The second kappa shape index (κ2) is 4.61. The first-order chi connectivity index (χ1) is 8.22. The third-order valence-electron chi connectivity index (χ3n) is 2.26. The summed E-state index contributed by atoms with van der Waals surface area (Å²) in [6.45, 7) is 0. The number of carbonyl (C=O) groups excluding carboxylic acids is 1. The highest BCUT2D eigenvalue weighted by Gasteiger charge is 2.01. The minimum Gasteiger partial charge on any atom is -0.466 e. The number of methoxy groups -OCH3 is 1. The largest absolute Gasteiger partial charge is 0.466 e. The third kappa shape index (κ3) is 2.23. The van der Waals surface area contributed by atoms with E-state index in [0.29, 0.717) is 10.9 Å². The fraction of sp³-hybridized carbons (Fsp3) is 0.0833. The molecule has 0 aliphatic rings. The van der Waals surface area contributed by atoms with Crippen LogP contribution in [0.15, 0.2) is 41.5 Å². The standard InChI is InChI=1S/C12H10N2O3/c1-17-11(15)6-7-14-8-13-10-5-3-2-4-9(10)12(14)16/h2-8H,1H3. The molecule has 0 spiro atoms. The molecule has 1 aromatic heterocycles. The van der Waals surface area contributed by atoms with Gasteiger partial charge in [-0.2, -0.15) is 0 Å². The van der Waals surface area contributed by atoms with E-state index in [1.54, 1.807) is 18.2 Å². The van der Waals surface area contributed by atoms with Crippen LogP contribution >= 0.6 is 0 Å². The highest BCUT2D eigenvalue weighted by atomic mass is 16.5. The van der Waals surface area contributed by atoms with Crippen molar-refractivity contribution in [1.82, 2.24) is 9.55 Å². The van der Waals surface area contributed by atoms with Gasteiger partial charge in [0.1, 0.15) is 6.33 Å². The van der Waals surface area contributed by atoms with Crippen LogP contribution in [0.2, 0.25) is 0 Å². The maximum Gasteiger partial charge on any atom is 0.331 e. The maximum atomic E-state index is 11.9. The van der Waals surface area contributed by atoms with Gasteiger partial charge in [-0.05, 0) is 12.1 Å². The van der Waals surface area contributed by atoms with Crippen LogP contribution in [-0.2, 0) is 9.53 Å². The number of hydrogen-bond donors (Lipinski definition) is 0. The summed E-state index contributed by atoms with van der Waals surface area (Å²) in [6.07, 6.45) is 3.86. The van der Waals surface area contributed by atoms with Crippen molar-refractivity contribution in [2.75, 3.05) is 7.11 Å². The van der Waals surface area contributed by atoms with Crippen LogP contribution in [0.3, 0.4) is 0 Å². The van der Waals surface area contributed by atoms with E-state index >= 15 is 0 Å². The number of aromatic nitrogens is 2. The van der Waals surface area contributed by atoms with Crippen molar-refractivity contribution < 1.29 is 9.53 Å². The van der Waals surface area contributed by atoms with Crippen LogP contribution in [0.25, 0.3) is 17.1 Å². The van der Waals surface area contributed by atoms with Gasteiger partial charge in [0.2, 0.25) is 0 Å². The van der Waals surface area contributed by atoms with Crippen molar-refractivity contribution in [2.24, 2.45) is 0 Å². The number of carbonyl (C=O) groups is 1. The number of rotatable bonds is 2. The molecule has 5 heteroatoms. The smallest absolute Gasteiger partial charge is 0.331 e. The fourth-order valence-electron chi connectivity index (χ4n) is 1.40. The van der Waals surface area contributed by atoms with E-state index in [1.807, 2.05) is 6.07 Å². The predicted octanol–water partition coefficient (Wildman–Crippen LogP) is 1.04. The van der Waals surface area contributed by atoms with Crippen LogP contribution < -0.4 is 5.56 Å². The Morgan fingerprint density at radius 2 is 2.18 bits per heavy atom. The molecule has 0 fully saturated rings. The Bertz CT molecular complexity index is 643. The molecular weight excluding hydrogens is 220 g/mol. The molecule has 0 N–H and O–H groups in total. The summed E-state index contributed by atoms with van der Waals surface area (Å²) in [5.74, 6) is -0.523. The molecule has 17 heavy (non-hydrogen) atoms. The maximum absolute atomic E-state index is 11.9. The highest BCUT2D eigenvalue weighted by molar-refractivity contribution is 5.85. The quantitative estimate of drug-likeness (QED) is 0.571. The topological polar surface area (TPSA) is 61.2 Å². The Morgan fingerprint density at radius 1 is 1.41 bits per heavy atom. The van der Waals surface area contributed by atoms with Crippen molar-refractivity contribution in [3.8, 4) is 0 Å². The van der Waals surface area contributed by atoms with Gasteiger partial charge < -0.3 is 4.74 Å². The van der Waals surface area contributed by atoms with Gasteiger partial charge in [-0.15, -0.1) is 0 Å². The number of nitrogens with zero attached hydrogens (tertiary/aromatic N) is 2. The second-order valence-electron chi connectivity index (χ2n) is 3.31. The lowest BCUT2D eigenvalue weighted by molar-refractivity contribution is -0.134. The minimum absolute atomic E-state index is 0.226. The molecule has 0 bridgehead atoms. The normalized spacial score (nSPS) is 10.9. The van der Waals surface area contributed by atoms with Gasteiger partial charge >= 0.3 is 5.97 Å². The van der Waals surface area contributed by atoms with Gasteiger partial charge in [-0.3, -0.25) is 9.36 Å². The second-order valence-corrected chi connectivity index (χ2v) is 3.31. The van der Waals surface area contributed by atoms with Gasteiger partial charge in [0.05, 0.1) is 18.0 Å². The zero-order valence-electron chi connectivity index (χ0n) is 9.16. The Hall–Kier alpha value is -2.43. The molecular formula is C12H10N2O3. The van der Waals surface area contributed by atoms with E-state index in [0.717, 1.165) is 6.08 Å². The van der Waals surface area contributed by atoms with Crippen molar-refractivity contribution in [1.29, 1.82) is 0 Å². The summed E-state index contributed by atoms with van der Waals surface area (Å²) in [5.41, 5.74) is 0.399. The summed E-state index contributed by atoms with van der Waals surface area (Å²) in [5, 5.41) is 0.504. The van der Waals surface area contributed by atoms with Gasteiger partial charge in [0.25, 0.3) is 5.56 Å². The van der Waals surface area contributed by atoms with Crippen molar-refractivity contribution >= 4 is 23.1 Å². The van der Waals surface area contributed by atoms with Gasteiger partial charge in [0.15, 0.2) is 0 Å². The van der Waals surface area contributed by atoms with Crippen LogP contribution in [0.4, 0.5) is 0 Å². The molecule has 0 atom stereocenters. The molecule has 5 nitrogen and oxygen atoms in total. The zero-order chi connectivity index (χ0) is 12.3. The summed E-state index contributed by atoms with van der Waals surface area (Å²) in [6, 6.07) is 7.02. The van der Waals surface area contributed by atoms with E-state index in [9.17, 15) is 9.59 Å². The predicted molar refractivity (Wildman–Crippen MR) is 63.3 cm³/mol. The molecule has 2 rings (SSSR count). The first-order valence-corrected chi connectivity index (χ1v) is 4.94. The Labute approximate surface area is 97.0 Å². The Morgan fingerprint density at radius 3 is 2.94 bits per heavy atom. The van der Waals surface area contributed by atoms with E-state index in [1.165, 1.54) is 24.2 Å². The molecule has 0 aliphatic carbocycles. The summed E-state index contributed by atoms with van der Waals surface area (Å²) >= 11 is 0. The Kier molecular flexibility index (Phi) is 3.00. The molecule has 1 aromatic carbocycles. The molecule has 0 saturated heterocycles. The average Bonchev–Trinajstić information content (AvgIpc) is 2.38. The fourth-order valence-corrected chi connectivity index (χ4v) is 1.40. The van der Waals surface area contributed by atoms with Gasteiger partial charge in [-0.1, -0.05) is 12.1 Å². The molecule has 0 aliphatic heterocycles. The molecule has 86 valence electrons. The monoisotopic (exact) mass is 230 g/mol. The van der Waals surface area contributed by atoms with Crippen LogP contribution in [0.5, 0.6) is 0 Å². The average molecular weight is 230 g/mol. The van der Waals surface area contributed by atoms with E-state index < -0.39 is 5.97 Å². The minimum atomic E-state index is -0.523. The number of para-hydroxylation sites is 1. The molecule has 0 saturated carbocycles. The molecule has 0 unspecified atom stereocenters. The first-order valence-electron chi connectivity index (χ1n) is 4.94. The van der Waals surface area contributed by atoms with Crippen LogP contribution in [0, 0.1) is 0 Å². The van der Waals surface area contributed by atoms with E-state index in [2.05, 4.69) is 9.72 Å². The van der Waals surface area contributed by atoms with E-state index in [-0.39, 0.29) is 5.56 Å². The lowest BCUT2D eigenvalue weighted by atomic mass is 10.2. The number of esters is 1. The SMILES string of the molecule is COC(=O)C=Cn1cnc2ccccc2c1=O. The molecule has 1 heterocycles. The summed E-state index contributed by atoms with van der Waals surface area (Å²) in [4.78, 5) is 27.0. The van der Waals surface area contributed by atoms with Crippen LogP contribution in [-0.4, -0.2) is 22.6 Å². The lowest BCUT2D eigenvalue weighted by Crippen LogP contribution is -2.16. The Balaban J connectivity index is 2.50.